The van der Waals surface area contributed by atoms with Crippen molar-refractivity contribution in [1.29, 1.82) is 0 Å². The van der Waals surface area contributed by atoms with Gasteiger partial charge < -0.3 is 14.8 Å². The van der Waals surface area contributed by atoms with Crippen molar-refractivity contribution in [3.63, 3.8) is 0 Å². The molecule has 0 spiro atoms. The van der Waals surface area contributed by atoms with Crippen LogP contribution in [0.15, 0.2) is 30.3 Å². The molecule has 142 valence electrons. The molecule has 0 saturated carbocycles. The molecule has 0 saturated heterocycles. The summed E-state index contributed by atoms with van der Waals surface area (Å²) in [7, 11) is 2.92. The summed E-state index contributed by atoms with van der Waals surface area (Å²) in [5.74, 6) is 0.990. The topological polar surface area (TPSA) is 56.3 Å². The lowest BCUT2D eigenvalue weighted by molar-refractivity contribution is -0.137. The second-order valence-corrected chi connectivity index (χ2v) is 6.13. The third kappa shape index (κ3) is 3.96. The molecule has 0 aliphatic carbocycles. The molecule has 0 unspecified atom stereocenters. The molecule has 5 nitrogen and oxygen atoms in total. The third-order valence-corrected chi connectivity index (χ3v) is 4.22. The number of nitrogens with one attached hydrogen (secondary N) is 1. The molecule has 1 aromatic heterocycles. The maximum Gasteiger partial charge on any atom is 0.416 e. The van der Waals surface area contributed by atoms with Crippen LogP contribution in [0.3, 0.4) is 0 Å². The number of benzene rings is 2. The van der Waals surface area contributed by atoms with E-state index in [0.717, 1.165) is 18.2 Å². The zero-order valence-electron chi connectivity index (χ0n) is 14.0. The highest BCUT2D eigenvalue weighted by Crippen LogP contribution is 2.38. The number of fused-ring (bicyclic) bond motifs is 1. The number of hydrogen-bond donors (Lipinski definition) is 1. The van der Waals surface area contributed by atoms with Crippen molar-refractivity contribution >= 4 is 45.6 Å². The van der Waals surface area contributed by atoms with Gasteiger partial charge in [0.25, 0.3) is 0 Å². The predicted molar refractivity (Wildman–Crippen MR) is 97.4 cm³/mol. The average Bonchev–Trinajstić information content (AvgIpc) is 2.61. The molecule has 0 bridgehead atoms. The molecular weight excluding hydrogens is 406 g/mol. The van der Waals surface area contributed by atoms with Gasteiger partial charge in [-0.05, 0) is 35.9 Å². The summed E-state index contributed by atoms with van der Waals surface area (Å²) < 4.78 is 49.4. The normalized spacial score (nSPS) is 11.5. The summed E-state index contributed by atoms with van der Waals surface area (Å²) in [5.41, 5.74) is -0.409. The van der Waals surface area contributed by atoms with Gasteiger partial charge in [-0.25, -0.2) is 4.98 Å². The van der Waals surface area contributed by atoms with E-state index in [1.165, 1.54) is 14.2 Å². The summed E-state index contributed by atoms with van der Waals surface area (Å²) >= 11 is 12.0. The molecule has 1 heterocycles. The van der Waals surface area contributed by atoms with Gasteiger partial charge >= 0.3 is 6.18 Å². The number of nitrogens with zero attached hydrogens (tertiary/aromatic N) is 2. The van der Waals surface area contributed by atoms with Crippen LogP contribution >= 0.6 is 23.2 Å². The third-order valence-electron chi connectivity index (χ3n) is 3.72. The van der Waals surface area contributed by atoms with Crippen LogP contribution < -0.4 is 14.8 Å². The summed E-state index contributed by atoms with van der Waals surface area (Å²) in [6, 6.07) is 6.12. The fraction of sp³-hybridized carbons (Fsp3) is 0.176. The van der Waals surface area contributed by atoms with Crippen molar-refractivity contribution < 1.29 is 22.6 Å². The Morgan fingerprint density at radius 3 is 2.26 bits per heavy atom. The smallest absolute Gasteiger partial charge is 0.416 e. The van der Waals surface area contributed by atoms with Crippen LogP contribution in [0.4, 0.5) is 24.7 Å². The van der Waals surface area contributed by atoms with Crippen LogP contribution in [-0.2, 0) is 6.18 Å². The Bertz CT molecular complexity index is 1010. The molecule has 2 aromatic carbocycles. The minimum atomic E-state index is -4.51. The lowest BCUT2D eigenvalue weighted by Gasteiger charge is -2.15. The van der Waals surface area contributed by atoms with Crippen molar-refractivity contribution in [3.05, 3.63) is 46.2 Å². The van der Waals surface area contributed by atoms with E-state index < -0.39 is 11.7 Å². The number of methoxy groups -OCH3 is 2. The molecular formula is C17H12Cl2F3N3O2. The van der Waals surface area contributed by atoms with Gasteiger partial charge in [-0.15, -0.1) is 0 Å². The van der Waals surface area contributed by atoms with Gasteiger partial charge in [0.1, 0.15) is 5.82 Å². The van der Waals surface area contributed by atoms with Crippen LogP contribution in [0, 0.1) is 0 Å². The highest BCUT2D eigenvalue weighted by Gasteiger charge is 2.31. The maximum absolute atomic E-state index is 13.0. The number of hydrogen-bond acceptors (Lipinski definition) is 5. The molecule has 27 heavy (non-hydrogen) atoms. The molecule has 0 atom stereocenters. The number of aromatic nitrogens is 2. The molecule has 0 amide bonds. The minimum Gasteiger partial charge on any atom is -0.493 e. The molecule has 3 rings (SSSR count). The lowest BCUT2D eigenvalue weighted by Crippen LogP contribution is -2.06. The SMILES string of the molecule is COc1cc2nc(Cl)nc(Nc3cc(C(F)(F)F)ccc3Cl)c2cc1OC. The number of anilines is 2. The van der Waals surface area contributed by atoms with E-state index in [-0.39, 0.29) is 21.8 Å². The number of alkyl halides is 3. The molecule has 3 aromatic rings. The standard InChI is InChI=1S/C17H12Cl2F3N3O2/c1-26-13-6-9-11(7-14(13)27-2)24-16(19)25-15(9)23-12-5-8(17(20,21)22)3-4-10(12)18/h3-7H,1-2H3,(H,23,24,25). The highest BCUT2D eigenvalue weighted by molar-refractivity contribution is 6.33. The van der Waals surface area contributed by atoms with Crippen molar-refractivity contribution in [3.8, 4) is 11.5 Å². The van der Waals surface area contributed by atoms with Gasteiger partial charge in [-0.1, -0.05) is 11.6 Å². The first-order valence-corrected chi connectivity index (χ1v) is 8.21. The zero-order valence-corrected chi connectivity index (χ0v) is 15.5. The number of ether oxygens (including phenoxy) is 2. The highest BCUT2D eigenvalue weighted by atomic mass is 35.5. The first-order valence-electron chi connectivity index (χ1n) is 7.46. The Labute approximate surface area is 162 Å². The molecule has 0 radical (unpaired) electrons. The van der Waals surface area contributed by atoms with E-state index in [1.54, 1.807) is 12.1 Å². The first-order chi connectivity index (χ1) is 12.7. The fourth-order valence-electron chi connectivity index (χ4n) is 2.45. The molecule has 0 aliphatic heterocycles. The molecule has 1 N–H and O–H groups in total. The number of halogens is 5. The zero-order chi connectivity index (χ0) is 19.8. The van der Waals surface area contributed by atoms with E-state index >= 15 is 0 Å². The minimum absolute atomic E-state index is 0.0253. The molecule has 0 aliphatic rings. The van der Waals surface area contributed by atoms with Gasteiger partial charge in [0.05, 0.1) is 36.0 Å². The van der Waals surface area contributed by atoms with Crippen molar-refractivity contribution in [2.24, 2.45) is 0 Å². The van der Waals surface area contributed by atoms with Crippen LogP contribution in [0.2, 0.25) is 10.3 Å². The van der Waals surface area contributed by atoms with Crippen LogP contribution in [0.25, 0.3) is 10.9 Å². The van der Waals surface area contributed by atoms with Gasteiger partial charge in [0.2, 0.25) is 5.28 Å². The van der Waals surface area contributed by atoms with Crippen LogP contribution in [0.1, 0.15) is 5.56 Å². The van der Waals surface area contributed by atoms with E-state index in [0.29, 0.717) is 22.4 Å². The largest absolute Gasteiger partial charge is 0.493 e. The second-order valence-electron chi connectivity index (χ2n) is 5.38. The predicted octanol–water partition coefficient (Wildman–Crippen LogP) is 5.72. The maximum atomic E-state index is 13.0. The van der Waals surface area contributed by atoms with Crippen molar-refractivity contribution in [1.82, 2.24) is 9.97 Å². The van der Waals surface area contributed by atoms with Crippen LogP contribution in [-0.4, -0.2) is 24.2 Å². The van der Waals surface area contributed by atoms with Gasteiger partial charge in [0, 0.05) is 11.5 Å². The van der Waals surface area contributed by atoms with Crippen molar-refractivity contribution in [2.75, 3.05) is 19.5 Å². The second kappa shape index (κ2) is 7.28. The summed E-state index contributed by atoms with van der Waals surface area (Å²) in [6.07, 6.45) is -4.51. The van der Waals surface area contributed by atoms with Crippen molar-refractivity contribution in [2.45, 2.75) is 6.18 Å². The summed E-state index contributed by atoms with van der Waals surface area (Å²) in [6.45, 7) is 0. The lowest BCUT2D eigenvalue weighted by atomic mass is 10.1. The quantitative estimate of drug-likeness (QED) is 0.550. The fourth-order valence-corrected chi connectivity index (χ4v) is 2.79. The molecule has 10 heteroatoms. The van der Waals surface area contributed by atoms with Gasteiger partial charge in [-0.3, -0.25) is 0 Å². The Kier molecular flexibility index (Phi) is 5.21. The van der Waals surface area contributed by atoms with E-state index in [2.05, 4.69) is 15.3 Å². The Morgan fingerprint density at radius 1 is 0.963 bits per heavy atom. The van der Waals surface area contributed by atoms with Gasteiger partial charge in [-0.2, -0.15) is 18.2 Å². The first kappa shape index (κ1) is 19.3. The number of rotatable bonds is 4. The Hall–Kier alpha value is -2.45. The van der Waals surface area contributed by atoms with E-state index in [9.17, 15) is 13.2 Å². The van der Waals surface area contributed by atoms with E-state index in [1.807, 2.05) is 0 Å². The average molecular weight is 418 g/mol. The van der Waals surface area contributed by atoms with E-state index in [4.69, 9.17) is 32.7 Å². The summed E-state index contributed by atoms with van der Waals surface area (Å²) in [4.78, 5) is 8.17. The Morgan fingerprint density at radius 2 is 1.63 bits per heavy atom. The monoisotopic (exact) mass is 417 g/mol. The van der Waals surface area contributed by atoms with Crippen LogP contribution in [0.5, 0.6) is 11.5 Å². The summed E-state index contributed by atoms with van der Waals surface area (Å²) in [5, 5.41) is 3.25. The Balaban J connectivity index is 2.15. The van der Waals surface area contributed by atoms with Gasteiger partial charge in [0.15, 0.2) is 11.5 Å². The molecule has 0 fully saturated rings.